The van der Waals surface area contributed by atoms with Crippen molar-refractivity contribution in [1.82, 2.24) is 25.1 Å². The zero-order valence-corrected chi connectivity index (χ0v) is 16.1. The highest BCUT2D eigenvalue weighted by molar-refractivity contribution is 5.87. The van der Waals surface area contributed by atoms with Crippen molar-refractivity contribution in [2.24, 2.45) is 12.5 Å². The van der Waals surface area contributed by atoms with Gasteiger partial charge in [0.25, 0.3) is 5.95 Å². The third-order valence-electron chi connectivity index (χ3n) is 5.85. The number of halogens is 4. The lowest BCUT2D eigenvalue weighted by atomic mass is 9.54. The number of ether oxygens (including phenoxy) is 1. The predicted molar refractivity (Wildman–Crippen MR) is 96.2 cm³/mol. The molecular weight excluding hydrogens is 408 g/mol. The molecule has 30 heavy (non-hydrogen) atoms. The fourth-order valence-corrected chi connectivity index (χ4v) is 4.36. The zero-order chi connectivity index (χ0) is 21.6. The van der Waals surface area contributed by atoms with Crippen LogP contribution < -0.4 is 10.1 Å². The molecule has 1 saturated heterocycles. The minimum absolute atomic E-state index is 0.185. The van der Waals surface area contributed by atoms with Gasteiger partial charge in [0, 0.05) is 20.1 Å². The smallest absolute Gasteiger partial charge is 0.406 e. The van der Waals surface area contributed by atoms with Crippen LogP contribution in [0.5, 0.6) is 5.75 Å². The minimum atomic E-state index is -4.82. The predicted octanol–water partition coefficient (Wildman–Crippen LogP) is 3.38. The molecule has 2 aromatic rings. The molecule has 0 radical (unpaired) electrons. The van der Waals surface area contributed by atoms with E-state index in [1.807, 2.05) is 0 Å². The molecule has 2 heterocycles. The van der Waals surface area contributed by atoms with E-state index in [9.17, 15) is 18.0 Å². The second-order valence-corrected chi connectivity index (χ2v) is 7.94. The van der Waals surface area contributed by atoms with E-state index < -0.39 is 17.8 Å². The van der Waals surface area contributed by atoms with E-state index in [2.05, 4.69) is 25.6 Å². The first-order valence-corrected chi connectivity index (χ1v) is 9.41. The summed E-state index contributed by atoms with van der Waals surface area (Å²) in [5.74, 6) is -0.199. The Morgan fingerprint density at radius 3 is 2.53 bits per heavy atom. The van der Waals surface area contributed by atoms with Crippen LogP contribution in [-0.2, 0) is 12.7 Å². The Morgan fingerprint density at radius 2 is 1.93 bits per heavy atom. The Bertz CT molecular complexity index is 931. The molecule has 0 bridgehead atoms. The highest BCUT2D eigenvalue weighted by Crippen LogP contribution is 2.61. The summed E-state index contributed by atoms with van der Waals surface area (Å²) in [5, 5.41) is 13.4. The van der Waals surface area contributed by atoms with Crippen molar-refractivity contribution in [3.8, 4) is 5.75 Å². The van der Waals surface area contributed by atoms with Crippen LogP contribution in [0.25, 0.3) is 0 Å². The largest absolute Gasteiger partial charge is 0.573 e. The maximum absolute atomic E-state index is 15.4. The molecule has 1 N–H and O–H groups in total. The Kier molecular flexibility index (Phi) is 4.82. The standard InChI is InChI=1S/C18H20F4N6O2/c1-27-14(24-25-26-27)23-15(29)28-7-5-16(6-8-28)10-17(19,11-16)12-3-2-4-13(9-12)30-18(20,21)22/h2-4,9H,5-8,10-11H2,1H3,(H,23,24,26,29). The van der Waals surface area contributed by atoms with Gasteiger partial charge in [0.2, 0.25) is 0 Å². The number of aromatic nitrogens is 4. The van der Waals surface area contributed by atoms with Crippen molar-refractivity contribution in [2.45, 2.75) is 37.7 Å². The number of amides is 2. The van der Waals surface area contributed by atoms with Crippen molar-refractivity contribution in [3.05, 3.63) is 29.8 Å². The average molecular weight is 428 g/mol. The summed E-state index contributed by atoms with van der Waals surface area (Å²) in [6, 6.07) is 4.77. The maximum Gasteiger partial charge on any atom is 0.573 e. The molecule has 162 valence electrons. The van der Waals surface area contributed by atoms with Crippen molar-refractivity contribution in [1.29, 1.82) is 0 Å². The van der Waals surface area contributed by atoms with Crippen molar-refractivity contribution >= 4 is 12.0 Å². The molecule has 1 aromatic carbocycles. The van der Waals surface area contributed by atoms with Gasteiger partial charge in [-0.05, 0) is 59.2 Å². The fourth-order valence-electron chi connectivity index (χ4n) is 4.36. The number of tetrazole rings is 1. The van der Waals surface area contributed by atoms with E-state index in [4.69, 9.17) is 0 Å². The van der Waals surface area contributed by atoms with Gasteiger partial charge in [-0.3, -0.25) is 5.32 Å². The number of anilines is 1. The van der Waals surface area contributed by atoms with Gasteiger partial charge in [-0.2, -0.15) is 0 Å². The van der Waals surface area contributed by atoms with Crippen LogP contribution in [0.2, 0.25) is 0 Å². The SMILES string of the molecule is Cn1nnnc1NC(=O)N1CCC2(CC1)CC(F)(c1cccc(OC(F)(F)F)c1)C2. The van der Waals surface area contributed by atoms with Gasteiger partial charge in [0.05, 0.1) is 0 Å². The molecule has 1 spiro atoms. The molecule has 1 aliphatic carbocycles. The number of carbonyl (C=O) groups excluding carboxylic acids is 1. The summed E-state index contributed by atoms with van der Waals surface area (Å²) in [7, 11) is 1.60. The van der Waals surface area contributed by atoms with Crippen LogP contribution in [0, 0.1) is 5.41 Å². The first kappa shape index (κ1) is 20.4. The molecule has 1 saturated carbocycles. The van der Waals surface area contributed by atoms with E-state index >= 15 is 4.39 Å². The lowest BCUT2D eigenvalue weighted by molar-refractivity contribution is -0.274. The second kappa shape index (κ2) is 7.10. The summed E-state index contributed by atoms with van der Waals surface area (Å²) in [6.45, 7) is 0.898. The van der Waals surface area contributed by atoms with E-state index in [0.29, 0.717) is 25.9 Å². The molecule has 4 rings (SSSR count). The number of hydrogen-bond acceptors (Lipinski definition) is 5. The van der Waals surface area contributed by atoms with Crippen molar-refractivity contribution in [2.75, 3.05) is 18.4 Å². The molecule has 2 aliphatic rings. The summed E-state index contributed by atoms with van der Waals surface area (Å²) in [6.07, 6.45) is -3.18. The van der Waals surface area contributed by atoms with E-state index in [-0.39, 0.29) is 35.8 Å². The van der Waals surface area contributed by atoms with Gasteiger partial charge in [0.15, 0.2) is 0 Å². The van der Waals surface area contributed by atoms with Gasteiger partial charge < -0.3 is 9.64 Å². The van der Waals surface area contributed by atoms with Gasteiger partial charge in [-0.25, -0.2) is 13.9 Å². The monoisotopic (exact) mass is 428 g/mol. The lowest BCUT2D eigenvalue weighted by Crippen LogP contribution is -2.54. The molecule has 1 aliphatic heterocycles. The number of nitrogens with one attached hydrogen (secondary N) is 1. The van der Waals surface area contributed by atoms with Crippen LogP contribution in [-0.4, -0.2) is 50.6 Å². The second-order valence-electron chi connectivity index (χ2n) is 7.94. The van der Waals surface area contributed by atoms with E-state index in [1.54, 1.807) is 11.9 Å². The van der Waals surface area contributed by atoms with Crippen LogP contribution in [0.4, 0.5) is 28.3 Å². The van der Waals surface area contributed by atoms with Crippen LogP contribution in [0.3, 0.4) is 0 Å². The Balaban J connectivity index is 1.34. The number of aryl methyl sites for hydroxylation is 1. The number of urea groups is 1. The topological polar surface area (TPSA) is 85.2 Å². The molecule has 2 amide bonds. The molecule has 12 heteroatoms. The number of rotatable bonds is 3. The summed E-state index contributed by atoms with van der Waals surface area (Å²) in [4.78, 5) is 14.0. The maximum atomic E-state index is 15.4. The Labute approximate surface area is 169 Å². The number of alkyl halides is 4. The molecule has 1 aromatic heterocycles. The Morgan fingerprint density at radius 1 is 1.23 bits per heavy atom. The molecule has 0 unspecified atom stereocenters. The number of nitrogens with zero attached hydrogens (tertiary/aromatic N) is 5. The Hall–Kier alpha value is -2.92. The van der Waals surface area contributed by atoms with E-state index in [1.165, 1.54) is 16.8 Å². The summed E-state index contributed by atoms with van der Waals surface area (Å²) >= 11 is 0. The minimum Gasteiger partial charge on any atom is -0.406 e. The normalized spacial score (nSPS) is 20.0. The van der Waals surface area contributed by atoms with Gasteiger partial charge in [0.1, 0.15) is 11.4 Å². The zero-order valence-electron chi connectivity index (χ0n) is 16.1. The van der Waals surface area contributed by atoms with Gasteiger partial charge in [-0.15, -0.1) is 13.2 Å². The number of likely N-dealkylation sites (tertiary alicyclic amines) is 1. The number of piperidine rings is 1. The summed E-state index contributed by atoms with van der Waals surface area (Å²) < 4.78 is 57.9. The molecule has 0 atom stereocenters. The number of benzene rings is 1. The quantitative estimate of drug-likeness (QED) is 0.758. The first-order valence-electron chi connectivity index (χ1n) is 9.41. The third kappa shape index (κ3) is 4.03. The molecule has 2 fully saturated rings. The third-order valence-corrected chi connectivity index (χ3v) is 5.85. The van der Waals surface area contributed by atoms with Crippen LogP contribution >= 0.6 is 0 Å². The van der Waals surface area contributed by atoms with E-state index in [0.717, 1.165) is 12.1 Å². The highest BCUT2D eigenvalue weighted by Gasteiger charge is 2.57. The average Bonchev–Trinajstić information content (AvgIpc) is 3.04. The van der Waals surface area contributed by atoms with Gasteiger partial charge in [-0.1, -0.05) is 17.2 Å². The van der Waals surface area contributed by atoms with Crippen molar-refractivity contribution in [3.63, 3.8) is 0 Å². The molecule has 8 nitrogen and oxygen atoms in total. The fraction of sp³-hybridized carbons (Fsp3) is 0.556. The summed E-state index contributed by atoms with van der Waals surface area (Å²) in [5.41, 5.74) is -1.77. The van der Waals surface area contributed by atoms with Crippen LogP contribution in [0.15, 0.2) is 24.3 Å². The van der Waals surface area contributed by atoms with Crippen molar-refractivity contribution < 1.29 is 27.1 Å². The first-order chi connectivity index (χ1) is 14.1. The number of hydrogen-bond donors (Lipinski definition) is 1. The lowest BCUT2D eigenvalue weighted by Gasteiger charge is -2.55. The number of carbonyl (C=O) groups is 1. The highest BCUT2D eigenvalue weighted by atomic mass is 19.4. The van der Waals surface area contributed by atoms with Gasteiger partial charge >= 0.3 is 12.4 Å². The molecular formula is C18H20F4N6O2. The van der Waals surface area contributed by atoms with Crippen LogP contribution in [0.1, 0.15) is 31.2 Å².